The highest BCUT2D eigenvalue weighted by atomic mass is 32.2. The van der Waals surface area contributed by atoms with Crippen LogP contribution in [0.4, 0.5) is 0 Å². The minimum absolute atomic E-state index is 0.0208. The SMILES string of the molecule is Cc1nn(CC(=O)N2CCCC2)c(C)c1S(=O)(=O)N1CCC(C(=O)NC2CCCCCC2)CC1. The van der Waals surface area contributed by atoms with Crippen molar-refractivity contribution in [3.05, 3.63) is 11.4 Å². The Bertz CT molecular complexity index is 983. The molecule has 34 heavy (non-hydrogen) atoms. The molecule has 1 aromatic rings. The van der Waals surface area contributed by atoms with E-state index >= 15 is 0 Å². The molecule has 3 heterocycles. The number of carbonyl (C=O) groups is 2. The summed E-state index contributed by atoms with van der Waals surface area (Å²) in [6.45, 7) is 5.62. The molecule has 0 bridgehead atoms. The summed E-state index contributed by atoms with van der Waals surface area (Å²) in [5.41, 5.74) is 0.915. The Morgan fingerprint density at radius 2 is 1.53 bits per heavy atom. The lowest BCUT2D eigenvalue weighted by molar-refractivity contribution is -0.131. The Kier molecular flexibility index (Phi) is 7.97. The molecule has 0 spiro atoms. The standard InChI is InChI=1S/C24H39N5O4S/c1-18-23(19(2)29(26-18)17-22(30)27-13-7-8-14-27)34(32,33)28-15-11-20(12-16-28)24(31)25-21-9-5-3-4-6-10-21/h20-21H,3-17H2,1-2H3,(H,25,31). The van der Waals surface area contributed by atoms with Crippen LogP contribution in [0.5, 0.6) is 0 Å². The van der Waals surface area contributed by atoms with Crippen molar-refractivity contribution in [2.24, 2.45) is 5.92 Å². The van der Waals surface area contributed by atoms with E-state index in [9.17, 15) is 18.0 Å². The number of hydrogen-bond acceptors (Lipinski definition) is 5. The number of nitrogens with zero attached hydrogens (tertiary/aromatic N) is 4. The van der Waals surface area contributed by atoms with Crippen LogP contribution in [0.15, 0.2) is 4.90 Å². The van der Waals surface area contributed by atoms with Crippen molar-refractivity contribution in [3.63, 3.8) is 0 Å². The summed E-state index contributed by atoms with van der Waals surface area (Å²) in [6, 6.07) is 0.260. The summed E-state index contributed by atoms with van der Waals surface area (Å²) in [7, 11) is -3.75. The van der Waals surface area contributed by atoms with E-state index in [0.717, 1.165) is 51.6 Å². The number of rotatable bonds is 6. The summed E-state index contributed by atoms with van der Waals surface area (Å²) < 4.78 is 30.0. The Labute approximate surface area is 203 Å². The Morgan fingerprint density at radius 3 is 2.15 bits per heavy atom. The average Bonchev–Trinajstić information content (AvgIpc) is 3.36. The second-order valence-corrected chi connectivity index (χ2v) is 12.0. The average molecular weight is 494 g/mol. The van der Waals surface area contributed by atoms with Crippen LogP contribution >= 0.6 is 0 Å². The molecule has 190 valence electrons. The number of amides is 2. The van der Waals surface area contributed by atoms with Gasteiger partial charge in [0, 0.05) is 38.1 Å². The molecule has 2 amide bonds. The van der Waals surface area contributed by atoms with Crippen molar-refractivity contribution >= 4 is 21.8 Å². The third kappa shape index (κ3) is 5.48. The van der Waals surface area contributed by atoms with E-state index in [2.05, 4.69) is 10.4 Å². The summed E-state index contributed by atoms with van der Waals surface area (Å²) in [4.78, 5) is 27.4. The van der Waals surface area contributed by atoms with Crippen LogP contribution in [0.3, 0.4) is 0 Å². The minimum atomic E-state index is -3.75. The maximum Gasteiger partial charge on any atom is 0.246 e. The number of hydrogen-bond donors (Lipinski definition) is 1. The second-order valence-electron chi connectivity index (χ2n) is 10.1. The molecule has 1 saturated carbocycles. The number of carbonyl (C=O) groups excluding carboxylic acids is 2. The smallest absolute Gasteiger partial charge is 0.246 e. The molecule has 3 fully saturated rings. The van der Waals surface area contributed by atoms with E-state index < -0.39 is 10.0 Å². The molecule has 1 aliphatic carbocycles. The van der Waals surface area contributed by atoms with Crippen LogP contribution in [-0.2, 0) is 26.2 Å². The fraction of sp³-hybridized carbons (Fsp3) is 0.792. The number of nitrogens with one attached hydrogen (secondary N) is 1. The van der Waals surface area contributed by atoms with Crippen molar-refractivity contribution in [2.45, 2.75) is 95.5 Å². The van der Waals surface area contributed by atoms with Gasteiger partial charge in [-0.15, -0.1) is 0 Å². The highest BCUT2D eigenvalue weighted by Gasteiger charge is 2.36. The molecule has 0 aromatic carbocycles. The fourth-order valence-corrected chi connectivity index (χ4v) is 7.48. The first-order valence-corrected chi connectivity index (χ1v) is 14.3. The fourth-order valence-electron chi connectivity index (χ4n) is 5.63. The topological polar surface area (TPSA) is 105 Å². The number of aromatic nitrogens is 2. The summed E-state index contributed by atoms with van der Waals surface area (Å²) in [5, 5.41) is 7.62. The van der Waals surface area contributed by atoms with E-state index in [4.69, 9.17) is 0 Å². The molecule has 0 atom stereocenters. The van der Waals surface area contributed by atoms with Gasteiger partial charge in [0.05, 0.1) is 11.4 Å². The van der Waals surface area contributed by atoms with Gasteiger partial charge < -0.3 is 10.2 Å². The molecular weight excluding hydrogens is 454 g/mol. The molecule has 2 saturated heterocycles. The van der Waals surface area contributed by atoms with Crippen LogP contribution in [0, 0.1) is 19.8 Å². The minimum Gasteiger partial charge on any atom is -0.353 e. The monoisotopic (exact) mass is 493 g/mol. The van der Waals surface area contributed by atoms with Gasteiger partial charge in [-0.3, -0.25) is 14.3 Å². The van der Waals surface area contributed by atoms with E-state index in [1.54, 1.807) is 13.8 Å². The number of piperidine rings is 1. The predicted octanol–water partition coefficient (Wildman–Crippen LogP) is 2.36. The molecule has 0 unspecified atom stereocenters. The molecular formula is C24H39N5O4S. The van der Waals surface area contributed by atoms with E-state index in [1.807, 2.05) is 4.90 Å². The van der Waals surface area contributed by atoms with E-state index in [1.165, 1.54) is 21.8 Å². The van der Waals surface area contributed by atoms with Gasteiger partial charge in [-0.05, 0) is 52.4 Å². The van der Waals surface area contributed by atoms with Gasteiger partial charge in [-0.2, -0.15) is 9.40 Å². The van der Waals surface area contributed by atoms with Crippen LogP contribution in [-0.4, -0.2) is 71.4 Å². The predicted molar refractivity (Wildman–Crippen MR) is 129 cm³/mol. The molecule has 1 aromatic heterocycles. The number of sulfonamides is 1. The van der Waals surface area contributed by atoms with Gasteiger partial charge in [0.15, 0.2) is 0 Å². The second kappa shape index (κ2) is 10.8. The molecule has 1 N–H and O–H groups in total. The first-order chi connectivity index (χ1) is 16.3. The number of likely N-dealkylation sites (tertiary alicyclic amines) is 1. The maximum atomic E-state index is 13.5. The van der Waals surface area contributed by atoms with Gasteiger partial charge >= 0.3 is 0 Å². The van der Waals surface area contributed by atoms with Gasteiger partial charge in [0.25, 0.3) is 0 Å². The summed E-state index contributed by atoms with van der Waals surface area (Å²) in [5.74, 6) is -0.0881. The van der Waals surface area contributed by atoms with Crippen LogP contribution < -0.4 is 5.32 Å². The first-order valence-electron chi connectivity index (χ1n) is 12.9. The van der Waals surface area contributed by atoms with Gasteiger partial charge in [0.2, 0.25) is 21.8 Å². The quantitative estimate of drug-likeness (QED) is 0.613. The highest BCUT2D eigenvalue weighted by Crippen LogP contribution is 2.28. The van der Waals surface area contributed by atoms with E-state index in [-0.39, 0.29) is 35.2 Å². The van der Waals surface area contributed by atoms with Crippen molar-refractivity contribution in [1.82, 2.24) is 24.3 Å². The largest absolute Gasteiger partial charge is 0.353 e. The Hall–Kier alpha value is -1.94. The molecule has 10 heteroatoms. The lowest BCUT2D eigenvalue weighted by Gasteiger charge is -2.31. The summed E-state index contributed by atoms with van der Waals surface area (Å²) in [6.07, 6.45) is 9.97. The third-order valence-corrected chi connectivity index (χ3v) is 9.83. The maximum absolute atomic E-state index is 13.5. The lowest BCUT2D eigenvalue weighted by Crippen LogP contribution is -2.45. The van der Waals surface area contributed by atoms with Crippen LogP contribution in [0.2, 0.25) is 0 Å². The normalized spacial score (nSPS) is 21.5. The lowest BCUT2D eigenvalue weighted by atomic mass is 9.96. The van der Waals surface area contributed by atoms with Crippen LogP contribution in [0.1, 0.15) is 75.6 Å². The molecule has 4 rings (SSSR count). The first kappa shape index (κ1) is 25.2. The molecule has 2 aliphatic heterocycles. The van der Waals surface area contributed by atoms with Crippen molar-refractivity contribution in [2.75, 3.05) is 26.2 Å². The Balaban J connectivity index is 1.37. The van der Waals surface area contributed by atoms with Gasteiger partial charge in [0.1, 0.15) is 11.4 Å². The highest BCUT2D eigenvalue weighted by molar-refractivity contribution is 7.89. The zero-order valence-electron chi connectivity index (χ0n) is 20.6. The zero-order valence-corrected chi connectivity index (χ0v) is 21.4. The molecule has 3 aliphatic rings. The zero-order chi connectivity index (χ0) is 24.3. The van der Waals surface area contributed by atoms with Crippen molar-refractivity contribution < 1.29 is 18.0 Å². The van der Waals surface area contributed by atoms with Gasteiger partial charge in [-0.1, -0.05) is 25.7 Å². The number of aryl methyl sites for hydroxylation is 1. The molecule has 0 radical (unpaired) electrons. The van der Waals surface area contributed by atoms with E-state index in [0.29, 0.717) is 37.3 Å². The molecule has 9 nitrogen and oxygen atoms in total. The summed E-state index contributed by atoms with van der Waals surface area (Å²) >= 11 is 0. The van der Waals surface area contributed by atoms with Crippen LogP contribution in [0.25, 0.3) is 0 Å². The van der Waals surface area contributed by atoms with Gasteiger partial charge in [-0.25, -0.2) is 8.42 Å². The Morgan fingerprint density at radius 1 is 0.912 bits per heavy atom. The third-order valence-electron chi connectivity index (χ3n) is 7.68. The van der Waals surface area contributed by atoms with Crippen molar-refractivity contribution in [3.8, 4) is 0 Å². The van der Waals surface area contributed by atoms with Crippen molar-refractivity contribution in [1.29, 1.82) is 0 Å².